The van der Waals surface area contributed by atoms with Gasteiger partial charge in [0.2, 0.25) is 5.91 Å². The van der Waals surface area contributed by atoms with Gasteiger partial charge in [-0.1, -0.05) is 6.42 Å². The summed E-state index contributed by atoms with van der Waals surface area (Å²) < 4.78 is 0. The van der Waals surface area contributed by atoms with Crippen LogP contribution in [0.5, 0.6) is 0 Å². The Morgan fingerprint density at radius 2 is 1.90 bits per heavy atom. The summed E-state index contributed by atoms with van der Waals surface area (Å²) in [5, 5.41) is 3.15. The van der Waals surface area contributed by atoms with E-state index in [1.165, 1.54) is 0 Å². The van der Waals surface area contributed by atoms with E-state index in [2.05, 4.69) is 29.1 Å². The number of nitrogens with zero attached hydrogens (tertiary/aromatic N) is 2. The maximum absolute atomic E-state index is 11.9. The third kappa shape index (κ3) is 7.90. The van der Waals surface area contributed by atoms with Gasteiger partial charge >= 0.3 is 0 Å². The van der Waals surface area contributed by atoms with E-state index in [1.54, 1.807) is 0 Å². The molecule has 1 aliphatic heterocycles. The van der Waals surface area contributed by atoms with Crippen molar-refractivity contribution in [1.29, 1.82) is 0 Å². The molecule has 1 saturated heterocycles. The van der Waals surface area contributed by atoms with Crippen LogP contribution in [-0.2, 0) is 4.79 Å². The van der Waals surface area contributed by atoms with Gasteiger partial charge in [0.1, 0.15) is 0 Å². The van der Waals surface area contributed by atoms with Crippen LogP contribution in [0, 0.1) is 0 Å². The number of nitrogens with two attached hydrogens (primary N) is 2. The van der Waals surface area contributed by atoms with Crippen molar-refractivity contribution in [3.63, 3.8) is 0 Å². The predicted molar refractivity (Wildman–Crippen MR) is 87.0 cm³/mol. The predicted octanol–water partition coefficient (Wildman–Crippen LogP) is 0.809. The number of hydrogen-bond donors (Lipinski definition) is 3. The van der Waals surface area contributed by atoms with E-state index in [0.717, 1.165) is 45.2 Å². The topological polar surface area (TPSA) is 96.7 Å². The van der Waals surface area contributed by atoms with E-state index in [0.29, 0.717) is 25.0 Å². The van der Waals surface area contributed by atoms with Crippen molar-refractivity contribution in [2.24, 2.45) is 16.5 Å². The second-order valence-electron chi connectivity index (χ2n) is 6.09. The first-order chi connectivity index (χ1) is 9.99. The van der Waals surface area contributed by atoms with Crippen LogP contribution in [0.15, 0.2) is 4.99 Å². The summed E-state index contributed by atoms with van der Waals surface area (Å²) in [7, 11) is 0. The van der Waals surface area contributed by atoms with Gasteiger partial charge in [0, 0.05) is 38.1 Å². The number of piperidine rings is 1. The molecule has 6 nitrogen and oxygen atoms in total. The third-order valence-electron chi connectivity index (χ3n) is 3.98. The number of carbonyl (C=O) groups excluding carboxylic acids is 1. The van der Waals surface area contributed by atoms with Gasteiger partial charge in [-0.25, -0.2) is 0 Å². The lowest BCUT2D eigenvalue weighted by Gasteiger charge is -2.34. The normalized spacial score (nSPS) is 16.9. The number of carbonyl (C=O) groups is 1. The Labute approximate surface area is 128 Å². The van der Waals surface area contributed by atoms with Crippen molar-refractivity contribution < 1.29 is 4.79 Å². The molecule has 1 aliphatic rings. The van der Waals surface area contributed by atoms with Gasteiger partial charge in [-0.15, -0.1) is 0 Å². The quantitative estimate of drug-likeness (QED) is 0.351. The summed E-state index contributed by atoms with van der Waals surface area (Å²) in [6.07, 6.45) is 5.54. The minimum absolute atomic E-state index is 0.139. The van der Waals surface area contributed by atoms with Gasteiger partial charge in [0.05, 0.1) is 0 Å². The van der Waals surface area contributed by atoms with Crippen molar-refractivity contribution in [3.05, 3.63) is 0 Å². The maximum Gasteiger partial charge on any atom is 0.220 e. The molecule has 0 saturated carbocycles. The Morgan fingerprint density at radius 1 is 1.24 bits per heavy atom. The maximum atomic E-state index is 11.9. The Morgan fingerprint density at radius 3 is 2.48 bits per heavy atom. The van der Waals surface area contributed by atoms with Gasteiger partial charge in [0.25, 0.3) is 0 Å². The molecule has 0 aromatic carbocycles. The Kier molecular flexibility index (Phi) is 8.12. The van der Waals surface area contributed by atoms with Gasteiger partial charge in [-0.05, 0) is 39.5 Å². The van der Waals surface area contributed by atoms with Crippen molar-refractivity contribution in [2.45, 2.75) is 64.5 Å². The van der Waals surface area contributed by atoms with Crippen LogP contribution in [0.1, 0.15) is 52.4 Å². The Bertz CT molecular complexity index is 331. The van der Waals surface area contributed by atoms with Crippen molar-refractivity contribution in [2.75, 3.05) is 19.6 Å². The summed E-state index contributed by atoms with van der Waals surface area (Å²) in [6, 6.07) is 0.959. The molecule has 1 heterocycles. The van der Waals surface area contributed by atoms with Crippen LogP contribution in [0.2, 0.25) is 0 Å². The molecule has 1 rings (SSSR count). The first-order valence-electron chi connectivity index (χ1n) is 8.08. The summed E-state index contributed by atoms with van der Waals surface area (Å²) in [4.78, 5) is 18.3. The molecule has 0 aromatic rings. The lowest BCUT2D eigenvalue weighted by Crippen LogP contribution is -2.46. The van der Waals surface area contributed by atoms with Crippen LogP contribution in [0.3, 0.4) is 0 Å². The number of likely N-dealkylation sites (tertiary alicyclic amines) is 1. The SMILES string of the molecule is CC(C)N1CCC(NC(=O)CCCCCN=C(N)N)CC1. The highest BCUT2D eigenvalue weighted by atomic mass is 16.1. The monoisotopic (exact) mass is 297 g/mol. The van der Waals surface area contributed by atoms with Crippen LogP contribution in [-0.4, -0.2) is 48.5 Å². The first-order valence-corrected chi connectivity index (χ1v) is 8.08. The summed E-state index contributed by atoms with van der Waals surface area (Å²) >= 11 is 0. The second kappa shape index (κ2) is 9.60. The molecule has 0 aromatic heterocycles. The molecule has 0 bridgehead atoms. The number of aliphatic imine (C=N–C) groups is 1. The molecule has 0 spiro atoms. The number of guanidine groups is 1. The highest BCUT2D eigenvalue weighted by molar-refractivity contribution is 5.76. The van der Waals surface area contributed by atoms with E-state index >= 15 is 0 Å². The van der Waals surface area contributed by atoms with E-state index in [-0.39, 0.29) is 11.9 Å². The van der Waals surface area contributed by atoms with Gasteiger partial charge in [-0.3, -0.25) is 9.79 Å². The van der Waals surface area contributed by atoms with E-state index < -0.39 is 0 Å². The Hall–Kier alpha value is -1.30. The standard InChI is InChI=1S/C15H31N5O/c1-12(2)20-10-7-13(8-11-20)19-14(21)6-4-3-5-9-18-15(16)17/h12-13H,3-11H2,1-2H3,(H,19,21)(H4,16,17,18). The number of rotatable bonds is 8. The van der Waals surface area contributed by atoms with Crippen LogP contribution < -0.4 is 16.8 Å². The van der Waals surface area contributed by atoms with E-state index in [9.17, 15) is 4.79 Å². The fraction of sp³-hybridized carbons (Fsp3) is 0.867. The molecule has 0 unspecified atom stereocenters. The summed E-state index contributed by atoms with van der Waals surface area (Å²) in [5.74, 6) is 0.320. The van der Waals surface area contributed by atoms with Crippen LogP contribution in [0.4, 0.5) is 0 Å². The molecule has 1 amide bonds. The molecule has 21 heavy (non-hydrogen) atoms. The molecule has 0 radical (unpaired) electrons. The zero-order chi connectivity index (χ0) is 15.7. The molecule has 1 fully saturated rings. The van der Waals surface area contributed by atoms with E-state index in [4.69, 9.17) is 11.5 Å². The van der Waals surface area contributed by atoms with Crippen molar-refractivity contribution in [3.8, 4) is 0 Å². The molecule has 5 N–H and O–H groups in total. The number of nitrogens with one attached hydrogen (secondary N) is 1. The molecule has 6 heteroatoms. The molecule has 0 aliphatic carbocycles. The average Bonchev–Trinajstić information content (AvgIpc) is 2.43. The average molecular weight is 297 g/mol. The zero-order valence-electron chi connectivity index (χ0n) is 13.5. The molecular formula is C15H31N5O. The second-order valence-corrected chi connectivity index (χ2v) is 6.09. The largest absolute Gasteiger partial charge is 0.370 e. The smallest absolute Gasteiger partial charge is 0.220 e. The van der Waals surface area contributed by atoms with Gasteiger partial charge < -0.3 is 21.7 Å². The highest BCUT2D eigenvalue weighted by Crippen LogP contribution is 2.13. The fourth-order valence-corrected chi connectivity index (χ4v) is 2.64. The molecule has 122 valence electrons. The number of hydrogen-bond acceptors (Lipinski definition) is 3. The highest BCUT2D eigenvalue weighted by Gasteiger charge is 2.21. The minimum atomic E-state index is 0.139. The lowest BCUT2D eigenvalue weighted by atomic mass is 10.0. The molecular weight excluding hydrogens is 266 g/mol. The number of amides is 1. The Balaban J connectivity index is 2.05. The lowest BCUT2D eigenvalue weighted by molar-refractivity contribution is -0.122. The zero-order valence-corrected chi connectivity index (χ0v) is 13.5. The van der Waals surface area contributed by atoms with Crippen molar-refractivity contribution >= 4 is 11.9 Å². The van der Waals surface area contributed by atoms with Gasteiger partial charge in [-0.2, -0.15) is 0 Å². The summed E-state index contributed by atoms with van der Waals surface area (Å²) in [6.45, 7) is 7.27. The number of unbranched alkanes of at least 4 members (excludes halogenated alkanes) is 2. The fourth-order valence-electron chi connectivity index (χ4n) is 2.64. The van der Waals surface area contributed by atoms with E-state index in [1.807, 2.05) is 0 Å². The summed E-state index contributed by atoms with van der Waals surface area (Å²) in [5.41, 5.74) is 10.5. The van der Waals surface area contributed by atoms with Crippen molar-refractivity contribution in [1.82, 2.24) is 10.2 Å². The van der Waals surface area contributed by atoms with Gasteiger partial charge in [0.15, 0.2) is 5.96 Å². The van der Waals surface area contributed by atoms with Crippen LogP contribution >= 0.6 is 0 Å². The first kappa shape index (κ1) is 17.8. The third-order valence-corrected chi connectivity index (χ3v) is 3.98. The molecule has 0 atom stereocenters. The minimum Gasteiger partial charge on any atom is -0.370 e. The van der Waals surface area contributed by atoms with Crippen LogP contribution in [0.25, 0.3) is 0 Å².